The van der Waals surface area contributed by atoms with Crippen molar-refractivity contribution in [3.8, 4) is 0 Å². The van der Waals surface area contributed by atoms with Gasteiger partial charge in [-0.15, -0.1) is 0 Å². The van der Waals surface area contributed by atoms with Crippen LogP contribution in [0.2, 0.25) is 0 Å². The Hall–Kier alpha value is -4.34. The number of nitrogens with one attached hydrogen (secondary N) is 2. The minimum atomic E-state index is -1.03. The molecule has 1 aliphatic rings. The molecule has 2 N–H and O–H groups in total. The molecule has 10 heteroatoms. The quantitative estimate of drug-likeness (QED) is 0.332. The van der Waals surface area contributed by atoms with Crippen molar-refractivity contribution >= 4 is 47.1 Å². The van der Waals surface area contributed by atoms with Gasteiger partial charge in [0, 0.05) is 22.5 Å². The summed E-state index contributed by atoms with van der Waals surface area (Å²) < 4.78 is 9.78. The van der Waals surface area contributed by atoms with Crippen LogP contribution in [0.3, 0.4) is 0 Å². The molecule has 0 aliphatic heterocycles. The molecule has 0 spiro atoms. The minimum absolute atomic E-state index is 0.130. The van der Waals surface area contributed by atoms with Crippen LogP contribution in [0.4, 0.5) is 21.0 Å². The Morgan fingerprint density at radius 3 is 1.25 bits per heavy atom. The Bertz CT molecular complexity index is 1080. The fourth-order valence-corrected chi connectivity index (χ4v) is 3.89. The first-order valence-electron chi connectivity index (χ1n) is 11.4. The van der Waals surface area contributed by atoms with E-state index in [9.17, 15) is 28.8 Å². The second-order valence-corrected chi connectivity index (χ2v) is 8.43. The van der Waals surface area contributed by atoms with Gasteiger partial charge in [0.15, 0.2) is 11.6 Å². The SMILES string of the molecule is CC(=O)c1ccc(NC(=O)OC(=O)C2CCCCC2C(=O)OC(=O)Nc2ccc(C(C)=O)cc2)cc1. The number of carbonyl (C=O) groups is 6. The summed E-state index contributed by atoms with van der Waals surface area (Å²) in [6, 6.07) is 12.1. The van der Waals surface area contributed by atoms with Gasteiger partial charge in [0.25, 0.3) is 0 Å². The number of hydrogen-bond acceptors (Lipinski definition) is 8. The zero-order valence-corrected chi connectivity index (χ0v) is 19.9. The molecule has 1 saturated carbocycles. The molecule has 0 aromatic heterocycles. The van der Waals surface area contributed by atoms with E-state index in [-0.39, 0.29) is 11.6 Å². The van der Waals surface area contributed by atoms with Crippen molar-refractivity contribution in [2.24, 2.45) is 11.8 Å². The van der Waals surface area contributed by atoms with Gasteiger partial charge in [-0.3, -0.25) is 29.8 Å². The fraction of sp³-hybridized carbons (Fsp3) is 0.308. The highest BCUT2D eigenvalue weighted by atomic mass is 16.6. The molecule has 10 nitrogen and oxygen atoms in total. The van der Waals surface area contributed by atoms with Crippen molar-refractivity contribution in [3.63, 3.8) is 0 Å². The normalized spacial score (nSPS) is 16.8. The van der Waals surface area contributed by atoms with Crippen LogP contribution in [0.5, 0.6) is 0 Å². The number of Topliss-reactive ketones (excluding diaryl/α,β-unsaturated/α-hetero) is 2. The third kappa shape index (κ3) is 7.08. The van der Waals surface area contributed by atoms with Crippen molar-refractivity contribution in [2.75, 3.05) is 10.6 Å². The monoisotopic (exact) mass is 494 g/mol. The Morgan fingerprint density at radius 1 is 0.611 bits per heavy atom. The van der Waals surface area contributed by atoms with Gasteiger partial charge in [-0.2, -0.15) is 0 Å². The van der Waals surface area contributed by atoms with E-state index in [2.05, 4.69) is 10.6 Å². The molecule has 3 rings (SSSR count). The van der Waals surface area contributed by atoms with Gasteiger partial charge in [0.2, 0.25) is 0 Å². The molecule has 2 aromatic carbocycles. The number of esters is 2. The Labute approximate surface area is 207 Å². The van der Waals surface area contributed by atoms with Crippen LogP contribution in [0.1, 0.15) is 60.2 Å². The maximum atomic E-state index is 12.7. The van der Waals surface area contributed by atoms with Gasteiger partial charge >= 0.3 is 24.1 Å². The molecule has 36 heavy (non-hydrogen) atoms. The summed E-state index contributed by atoms with van der Waals surface area (Å²) in [5.41, 5.74) is 1.58. The zero-order valence-electron chi connectivity index (χ0n) is 19.9. The van der Waals surface area contributed by atoms with E-state index in [4.69, 9.17) is 9.47 Å². The average Bonchev–Trinajstić information content (AvgIpc) is 2.84. The Morgan fingerprint density at radius 2 is 0.944 bits per heavy atom. The van der Waals surface area contributed by atoms with Crippen LogP contribution in [0.25, 0.3) is 0 Å². The van der Waals surface area contributed by atoms with E-state index in [1.807, 2.05) is 0 Å². The largest absolute Gasteiger partial charge is 0.419 e. The van der Waals surface area contributed by atoms with Gasteiger partial charge in [-0.05, 0) is 75.2 Å². The number of hydrogen-bond donors (Lipinski definition) is 2. The van der Waals surface area contributed by atoms with Gasteiger partial charge in [-0.1, -0.05) is 12.8 Å². The highest BCUT2D eigenvalue weighted by Gasteiger charge is 2.39. The molecule has 1 fully saturated rings. The van der Waals surface area contributed by atoms with Crippen molar-refractivity contribution in [1.82, 2.24) is 0 Å². The van der Waals surface area contributed by atoms with Crippen LogP contribution in [-0.4, -0.2) is 35.7 Å². The second kappa shape index (κ2) is 11.9. The van der Waals surface area contributed by atoms with Crippen molar-refractivity contribution in [3.05, 3.63) is 59.7 Å². The summed E-state index contributed by atoms with van der Waals surface area (Å²) in [6.07, 6.45) is -0.167. The number of rotatable bonds is 6. The van der Waals surface area contributed by atoms with Gasteiger partial charge in [-0.25, -0.2) is 9.59 Å². The number of ether oxygens (including phenoxy) is 2. The smallest absolute Gasteiger partial charge is 0.376 e. The van der Waals surface area contributed by atoms with Gasteiger partial charge in [0.1, 0.15) is 0 Å². The summed E-state index contributed by atoms with van der Waals surface area (Å²) in [5.74, 6) is -3.94. The summed E-state index contributed by atoms with van der Waals surface area (Å²) in [6.45, 7) is 2.83. The molecule has 0 radical (unpaired) electrons. The molecule has 2 aromatic rings. The molecule has 2 unspecified atom stereocenters. The van der Waals surface area contributed by atoms with Crippen LogP contribution in [0, 0.1) is 11.8 Å². The molecule has 0 heterocycles. The van der Waals surface area contributed by atoms with E-state index >= 15 is 0 Å². The summed E-state index contributed by atoms with van der Waals surface area (Å²) in [7, 11) is 0. The van der Waals surface area contributed by atoms with Crippen molar-refractivity contribution in [2.45, 2.75) is 39.5 Å². The van der Waals surface area contributed by atoms with E-state index < -0.39 is 36.0 Å². The van der Waals surface area contributed by atoms with Crippen molar-refractivity contribution < 1.29 is 38.2 Å². The highest BCUT2D eigenvalue weighted by molar-refractivity contribution is 5.99. The topological polar surface area (TPSA) is 145 Å². The van der Waals surface area contributed by atoms with E-state index in [0.717, 1.165) is 0 Å². The minimum Gasteiger partial charge on any atom is -0.376 e. The van der Waals surface area contributed by atoms with Crippen LogP contribution in [-0.2, 0) is 19.1 Å². The third-order valence-electron chi connectivity index (χ3n) is 5.83. The number of anilines is 2. The maximum Gasteiger partial charge on any atom is 0.419 e. The molecular weight excluding hydrogens is 468 g/mol. The lowest BCUT2D eigenvalue weighted by atomic mass is 9.79. The third-order valence-corrected chi connectivity index (χ3v) is 5.83. The highest BCUT2D eigenvalue weighted by Crippen LogP contribution is 2.32. The van der Waals surface area contributed by atoms with Crippen LogP contribution in [0.15, 0.2) is 48.5 Å². The van der Waals surface area contributed by atoms with Gasteiger partial charge in [0.05, 0.1) is 11.8 Å². The lowest BCUT2D eigenvalue weighted by molar-refractivity contribution is -0.155. The summed E-state index contributed by atoms with van der Waals surface area (Å²) in [4.78, 5) is 72.4. The maximum absolute atomic E-state index is 12.7. The molecule has 188 valence electrons. The standard InChI is InChI=1S/C26H26N2O8/c1-15(29)17-7-11-19(12-8-17)27-25(33)35-23(31)21-5-3-4-6-22(21)24(32)36-26(34)28-20-13-9-18(10-14-20)16(2)30/h7-14,21-22H,3-6H2,1-2H3,(H,27,33)(H,28,34). The number of amides is 2. The molecule has 0 bridgehead atoms. The Balaban J connectivity index is 1.55. The molecule has 0 saturated heterocycles. The fourth-order valence-electron chi connectivity index (χ4n) is 3.89. The molecular formula is C26H26N2O8. The first-order valence-corrected chi connectivity index (χ1v) is 11.4. The van der Waals surface area contributed by atoms with E-state index in [1.54, 1.807) is 0 Å². The number of ketones is 2. The predicted octanol–water partition coefficient (Wildman–Crippen LogP) is 4.75. The van der Waals surface area contributed by atoms with Crippen LogP contribution >= 0.6 is 0 Å². The zero-order chi connectivity index (χ0) is 26.2. The molecule has 2 atom stereocenters. The molecule has 1 aliphatic carbocycles. The van der Waals surface area contributed by atoms with E-state index in [0.29, 0.717) is 48.2 Å². The Kier molecular flexibility index (Phi) is 8.66. The van der Waals surface area contributed by atoms with Gasteiger partial charge < -0.3 is 9.47 Å². The second-order valence-electron chi connectivity index (χ2n) is 8.43. The van der Waals surface area contributed by atoms with Crippen LogP contribution < -0.4 is 10.6 Å². The summed E-state index contributed by atoms with van der Waals surface area (Å²) in [5, 5.41) is 4.80. The lowest BCUT2D eigenvalue weighted by Gasteiger charge is -2.27. The first-order chi connectivity index (χ1) is 17.1. The lowest BCUT2D eigenvalue weighted by Crippen LogP contribution is -2.37. The average molecular weight is 495 g/mol. The first kappa shape index (κ1) is 26.3. The van der Waals surface area contributed by atoms with Crippen molar-refractivity contribution in [1.29, 1.82) is 0 Å². The summed E-state index contributed by atoms with van der Waals surface area (Å²) >= 11 is 0. The predicted molar refractivity (Wildman–Crippen MR) is 129 cm³/mol. The number of benzene rings is 2. The molecule has 2 amide bonds. The number of carbonyl (C=O) groups excluding carboxylic acids is 6. The van der Waals surface area contributed by atoms with E-state index in [1.165, 1.54) is 62.4 Å².